The van der Waals surface area contributed by atoms with Crippen molar-refractivity contribution < 1.29 is 24.0 Å². The summed E-state index contributed by atoms with van der Waals surface area (Å²) in [7, 11) is 0. The van der Waals surface area contributed by atoms with Gasteiger partial charge in [-0.05, 0) is 55.5 Å². The highest BCUT2D eigenvalue weighted by atomic mass is 16.2. The molecule has 9 nitrogen and oxygen atoms in total. The van der Waals surface area contributed by atoms with E-state index in [9.17, 15) is 24.0 Å². The number of benzene rings is 1. The summed E-state index contributed by atoms with van der Waals surface area (Å²) < 4.78 is 0. The minimum atomic E-state index is -0.684. The first kappa shape index (κ1) is 20.2. The maximum Gasteiger partial charge on any atom is 0.272 e. The predicted octanol–water partition coefficient (Wildman–Crippen LogP) is 1.86. The molecule has 0 bridgehead atoms. The Bertz CT molecular complexity index is 1210. The standard InChI is InChI=1S/C23H22N4O5/c1-11-19-15(3-2-4-17(19)28)25-20(11)22(31)24-13-5-6-14-12(9-13)10-27(23(14)32)16-7-8-18(29)26-21(16)30/h5-6,9,16,25H,2-4,7-8,10H2,1H3,(H,24,31)(H,26,29,30). The lowest BCUT2D eigenvalue weighted by Crippen LogP contribution is -2.52. The molecule has 2 aromatic rings. The molecule has 3 heterocycles. The SMILES string of the molecule is Cc1c(C(=O)Nc2ccc3c(c2)CN(C2CCC(=O)NC2=O)C3=O)[nH]c2c1C(=O)CCC2. The number of aromatic nitrogens is 1. The van der Waals surface area contributed by atoms with Crippen LogP contribution in [0.4, 0.5) is 5.69 Å². The molecule has 164 valence electrons. The fraction of sp³-hybridized carbons (Fsp3) is 0.348. The van der Waals surface area contributed by atoms with Crippen molar-refractivity contribution in [2.24, 2.45) is 0 Å². The number of ketones is 1. The van der Waals surface area contributed by atoms with E-state index in [0.29, 0.717) is 46.5 Å². The summed E-state index contributed by atoms with van der Waals surface area (Å²) in [4.78, 5) is 66.1. The van der Waals surface area contributed by atoms with E-state index in [4.69, 9.17) is 0 Å². The van der Waals surface area contributed by atoms with Crippen LogP contribution < -0.4 is 10.6 Å². The van der Waals surface area contributed by atoms with E-state index in [-0.39, 0.29) is 36.5 Å². The normalized spacial score (nSPS) is 20.2. The molecule has 9 heteroatoms. The Kier molecular flexibility index (Phi) is 4.69. The lowest BCUT2D eigenvalue weighted by Gasteiger charge is -2.29. The Hall–Kier alpha value is -3.75. The molecule has 2 aliphatic heterocycles. The summed E-state index contributed by atoms with van der Waals surface area (Å²) in [5, 5.41) is 5.12. The van der Waals surface area contributed by atoms with Crippen LogP contribution in [0.1, 0.15) is 73.7 Å². The van der Waals surface area contributed by atoms with Gasteiger partial charge in [-0.1, -0.05) is 0 Å². The number of fused-ring (bicyclic) bond motifs is 2. The van der Waals surface area contributed by atoms with Gasteiger partial charge in [0.15, 0.2) is 5.78 Å². The monoisotopic (exact) mass is 434 g/mol. The van der Waals surface area contributed by atoms with Crippen molar-refractivity contribution >= 4 is 35.1 Å². The predicted molar refractivity (Wildman–Crippen MR) is 113 cm³/mol. The van der Waals surface area contributed by atoms with Crippen LogP contribution in [0.2, 0.25) is 0 Å². The summed E-state index contributed by atoms with van der Waals surface area (Å²) in [6.07, 6.45) is 2.50. The van der Waals surface area contributed by atoms with Gasteiger partial charge in [0, 0.05) is 41.9 Å². The van der Waals surface area contributed by atoms with Gasteiger partial charge in [0.1, 0.15) is 11.7 Å². The van der Waals surface area contributed by atoms with Crippen molar-refractivity contribution in [2.45, 2.75) is 51.6 Å². The number of nitrogens with one attached hydrogen (secondary N) is 3. The van der Waals surface area contributed by atoms with E-state index in [1.54, 1.807) is 25.1 Å². The molecular formula is C23H22N4O5. The molecule has 1 aromatic heterocycles. The van der Waals surface area contributed by atoms with Crippen LogP contribution in [-0.2, 0) is 22.6 Å². The zero-order valence-corrected chi connectivity index (χ0v) is 17.5. The molecule has 0 saturated carbocycles. The number of aryl methyl sites for hydroxylation is 1. The van der Waals surface area contributed by atoms with Gasteiger partial charge in [-0.15, -0.1) is 0 Å². The number of hydrogen-bond acceptors (Lipinski definition) is 5. The zero-order chi connectivity index (χ0) is 22.6. The average Bonchev–Trinajstić information content (AvgIpc) is 3.26. The first-order valence-electron chi connectivity index (χ1n) is 10.7. The van der Waals surface area contributed by atoms with Gasteiger partial charge in [-0.2, -0.15) is 0 Å². The number of piperidine rings is 1. The zero-order valence-electron chi connectivity index (χ0n) is 17.5. The van der Waals surface area contributed by atoms with Crippen LogP contribution in [-0.4, -0.2) is 45.3 Å². The van der Waals surface area contributed by atoms with E-state index in [0.717, 1.165) is 18.5 Å². The van der Waals surface area contributed by atoms with Crippen LogP contribution in [0.5, 0.6) is 0 Å². The third kappa shape index (κ3) is 3.21. The topological polar surface area (TPSA) is 128 Å². The molecule has 32 heavy (non-hydrogen) atoms. The summed E-state index contributed by atoms with van der Waals surface area (Å²) in [5.74, 6) is -1.35. The Labute approximate surface area is 183 Å². The molecule has 1 fully saturated rings. The molecule has 1 unspecified atom stereocenters. The maximum atomic E-state index is 12.9. The molecule has 3 aliphatic rings. The van der Waals surface area contributed by atoms with Gasteiger partial charge in [0.05, 0.1) is 0 Å². The second-order valence-corrected chi connectivity index (χ2v) is 8.48. The fourth-order valence-electron chi connectivity index (χ4n) is 4.85. The van der Waals surface area contributed by atoms with Crippen LogP contribution in [0.3, 0.4) is 0 Å². The number of anilines is 1. The smallest absolute Gasteiger partial charge is 0.272 e. The Morgan fingerprint density at radius 2 is 1.94 bits per heavy atom. The van der Waals surface area contributed by atoms with E-state index >= 15 is 0 Å². The Morgan fingerprint density at radius 3 is 2.69 bits per heavy atom. The van der Waals surface area contributed by atoms with Crippen LogP contribution in [0.25, 0.3) is 0 Å². The van der Waals surface area contributed by atoms with Gasteiger partial charge in [0.25, 0.3) is 11.8 Å². The van der Waals surface area contributed by atoms with Crippen molar-refractivity contribution in [1.82, 2.24) is 15.2 Å². The molecule has 1 atom stereocenters. The molecule has 0 radical (unpaired) electrons. The summed E-state index contributed by atoms with van der Waals surface area (Å²) >= 11 is 0. The molecular weight excluding hydrogens is 412 g/mol. The number of H-pyrrole nitrogens is 1. The number of carbonyl (C=O) groups excluding carboxylic acids is 5. The van der Waals surface area contributed by atoms with E-state index in [1.165, 1.54) is 4.90 Å². The molecule has 1 saturated heterocycles. The van der Waals surface area contributed by atoms with Gasteiger partial charge < -0.3 is 15.2 Å². The fourth-order valence-corrected chi connectivity index (χ4v) is 4.85. The first-order valence-corrected chi connectivity index (χ1v) is 10.7. The number of amides is 4. The van der Waals surface area contributed by atoms with Crippen LogP contribution in [0, 0.1) is 6.92 Å². The van der Waals surface area contributed by atoms with Gasteiger partial charge in [-0.25, -0.2) is 0 Å². The molecule has 1 aromatic carbocycles. The van der Waals surface area contributed by atoms with Crippen molar-refractivity contribution in [2.75, 3.05) is 5.32 Å². The lowest BCUT2D eigenvalue weighted by molar-refractivity contribution is -0.136. The molecule has 3 N–H and O–H groups in total. The van der Waals surface area contributed by atoms with Gasteiger partial charge in [-0.3, -0.25) is 29.3 Å². The minimum Gasteiger partial charge on any atom is -0.354 e. The average molecular weight is 434 g/mol. The van der Waals surface area contributed by atoms with Crippen molar-refractivity contribution in [3.8, 4) is 0 Å². The number of imide groups is 1. The Morgan fingerprint density at radius 1 is 1.12 bits per heavy atom. The minimum absolute atomic E-state index is 0.0589. The molecule has 1 aliphatic carbocycles. The highest BCUT2D eigenvalue weighted by molar-refractivity contribution is 6.09. The third-order valence-electron chi connectivity index (χ3n) is 6.45. The third-order valence-corrected chi connectivity index (χ3v) is 6.45. The summed E-state index contributed by atoms with van der Waals surface area (Å²) in [5.41, 5.74) is 4.16. The molecule has 4 amide bonds. The second-order valence-electron chi connectivity index (χ2n) is 8.48. The largest absolute Gasteiger partial charge is 0.354 e. The number of aromatic amines is 1. The van der Waals surface area contributed by atoms with Crippen molar-refractivity contribution in [1.29, 1.82) is 0 Å². The van der Waals surface area contributed by atoms with E-state index < -0.39 is 11.9 Å². The maximum absolute atomic E-state index is 12.9. The number of Topliss-reactive ketones (excluding diaryl/α,β-unsaturated/α-hetero) is 1. The van der Waals surface area contributed by atoms with Gasteiger partial charge in [0.2, 0.25) is 11.8 Å². The molecule has 5 rings (SSSR count). The number of nitrogens with zero attached hydrogens (tertiary/aromatic N) is 1. The number of hydrogen-bond donors (Lipinski definition) is 3. The summed E-state index contributed by atoms with van der Waals surface area (Å²) in [6, 6.07) is 4.32. The van der Waals surface area contributed by atoms with Crippen molar-refractivity contribution in [3.63, 3.8) is 0 Å². The van der Waals surface area contributed by atoms with E-state index in [2.05, 4.69) is 15.6 Å². The number of rotatable bonds is 3. The van der Waals surface area contributed by atoms with Crippen molar-refractivity contribution in [3.05, 3.63) is 51.8 Å². The first-order chi connectivity index (χ1) is 15.3. The lowest BCUT2D eigenvalue weighted by atomic mass is 9.94. The van der Waals surface area contributed by atoms with Crippen LogP contribution >= 0.6 is 0 Å². The van der Waals surface area contributed by atoms with E-state index in [1.807, 2.05) is 0 Å². The van der Waals surface area contributed by atoms with Gasteiger partial charge >= 0.3 is 0 Å². The Balaban J connectivity index is 1.35. The summed E-state index contributed by atoms with van der Waals surface area (Å²) in [6.45, 7) is 2.00. The highest BCUT2D eigenvalue weighted by Gasteiger charge is 2.39. The highest BCUT2D eigenvalue weighted by Crippen LogP contribution is 2.30. The van der Waals surface area contributed by atoms with Crippen LogP contribution in [0.15, 0.2) is 18.2 Å². The quantitative estimate of drug-likeness (QED) is 0.635. The number of carbonyl (C=O) groups is 5. The molecule has 0 spiro atoms. The second kappa shape index (κ2) is 7.44.